The van der Waals surface area contributed by atoms with Crippen molar-refractivity contribution in [3.8, 4) is 0 Å². The van der Waals surface area contributed by atoms with Crippen LogP contribution in [0, 0.1) is 0 Å². The maximum atomic E-state index is 11.4. The Labute approximate surface area is 115 Å². The second-order valence-corrected chi connectivity index (χ2v) is 6.84. The molecular weight excluding hydrogens is 290 g/mol. The van der Waals surface area contributed by atoms with Gasteiger partial charge in [0.25, 0.3) is 9.05 Å². The highest BCUT2D eigenvalue weighted by molar-refractivity contribution is 8.13. The molecule has 1 aromatic rings. The highest BCUT2D eigenvalue weighted by Gasteiger charge is 2.28. The molecule has 0 aliphatic carbocycles. The maximum absolute atomic E-state index is 11.4. The summed E-state index contributed by atoms with van der Waals surface area (Å²) >= 11 is 0. The Morgan fingerprint density at radius 1 is 1.05 bits per heavy atom. The third-order valence-corrected chi connectivity index (χ3v) is 4.35. The van der Waals surface area contributed by atoms with Gasteiger partial charge in [-0.05, 0) is 24.1 Å². The fourth-order valence-corrected chi connectivity index (χ4v) is 2.70. The second-order valence-electron chi connectivity index (χ2n) is 4.27. The van der Waals surface area contributed by atoms with E-state index in [1.165, 1.54) is 17.0 Å². The molecule has 1 heterocycles. The molecule has 1 saturated heterocycles. The predicted octanol–water partition coefficient (Wildman–Crippen LogP) is 1.31. The monoisotopic (exact) mass is 301 g/mol. The molecular formula is C12H12ClNO4S. The van der Waals surface area contributed by atoms with Gasteiger partial charge in [-0.3, -0.25) is 14.5 Å². The molecule has 0 atom stereocenters. The van der Waals surface area contributed by atoms with Gasteiger partial charge >= 0.3 is 0 Å². The fourth-order valence-electron chi connectivity index (χ4n) is 1.93. The molecule has 0 aromatic heterocycles. The zero-order chi connectivity index (χ0) is 14.0. The van der Waals surface area contributed by atoms with Crippen LogP contribution >= 0.6 is 10.7 Å². The van der Waals surface area contributed by atoms with E-state index in [0.717, 1.165) is 5.56 Å². The van der Waals surface area contributed by atoms with E-state index in [2.05, 4.69) is 0 Å². The Balaban J connectivity index is 2.01. The number of likely N-dealkylation sites (tertiary alicyclic amines) is 1. The molecule has 1 aliphatic rings. The number of carbonyl (C=O) groups is 2. The summed E-state index contributed by atoms with van der Waals surface area (Å²) in [6, 6.07) is 6.07. The third kappa shape index (κ3) is 3.33. The topological polar surface area (TPSA) is 71.5 Å². The van der Waals surface area contributed by atoms with Crippen LogP contribution in [-0.4, -0.2) is 31.7 Å². The highest BCUT2D eigenvalue weighted by Crippen LogP contribution is 2.17. The van der Waals surface area contributed by atoms with Crippen molar-refractivity contribution in [1.29, 1.82) is 0 Å². The molecule has 0 N–H and O–H groups in total. The van der Waals surface area contributed by atoms with Gasteiger partial charge in [-0.2, -0.15) is 0 Å². The van der Waals surface area contributed by atoms with Crippen LogP contribution in [0.4, 0.5) is 0 Å². The van der Waals surface area contributed by atoms with E-state index < -0.39 is 9.05 Å². The molecule has 7 heteroatoms. The van der Waals surface area contributed by atoms with Crippen molar-refractivity contribution in [2.24, 2.45) is 0 Å². The van der Waals surface area contributed by atoms with Gasteiger partial charge in [-0.25, -0.2) is 8.42 Å². The maximum Gasteiger partial charge on any atom is 0.261 e. The smallest absolute Gasteiger partial charge is 0.261 e. The van der Waals surface area contributed by atoms with E-state index in [-0.39, 0.29) is 29.6 Å². The van der Waals surface area contributed by atoms with Crippen molar-refractivity contribution in [3.63, 3.8) is 0 Å². The van der Waals surface area contributed by atoms with E-state index in [1.807, 2.05) is 0 Å². The number of hydrogen-bond acceptors (Lipinski definition) is 4. The van der Waals surface area contributed by atoms with Crippen LogP contribution in [0.3, 0.4) is 0 Å². The first kappa shape index (κ1) is 14.0. The van der Waals surface area contributed by atoms with Gasteiger partial charge in [0.1, 0.15) is 0 Å². The lowest BCUT2D eigenvalue weighted by molar-refractivity contribution is -0.138. The lowest BCUT2D eigenvalue weighted by Gasteiger charge is -2.13. The Morgan fingerprint density at radius 3 is 2.05 bits per heavy atom. The SMILES string of the molecule is O=C1CCC(=O)N1CCc1ccc(S(=O)(=O)Cl)cc1. The van der Waals surface area contributed by atoms with Crippen molar-refractivity contribution in [2.75, 3.05) is 6.54 Å². The minimum atomic E-state index is -3.71. The van der Waals surface area contributed by atoms with Crippen LogP contribution < -0.4 is 0 Å². The number of amides is 2. The van der Waals surface area contributed by atoms with Crippen LogP contribution in [-0.2, 0) is 25.1 Å². The molecule has 5 nitrogen and oxygen atoms in total. The number of rotatable bonds is 4. The van der Waals surface area contributed by atoms with E-state index in [0.29, 0.717) is 13.0 Å². The third-order valence-electron chi connectivity index (χ3n) is 2.98. The number of hydrogen-bond donors (Lipinski definition) is 0. The Morgan fingerprint density at radius 2 is 1.58 bits per heavy atom. The van der Waals surface area contributed by atoms with Gasteiger partial charge in [0.15, 0.2) is 0 Å². The molecule has 1 fully saturated rings. The van der Waals surface area contributed by atoms with E-state index in [4.69, 9.17) is 10.7 Å². The van der Waals surface area contributed by atoms with Gasteiger partial charge in [0, 0.05) is 30.1 Å². The van der Waals surface area contributed by atoms with E-state index in [1.54, 1.807) is 12.1 Å². The number of halogens is 1. The minimum Gasteiger partial charge on any atom is -0.282 e. The van der Waals surface area contributed by atoms with Crippen molar-refractivity contribution in [1.82, 2.24) is 4.90 Å². The summed E-state index contributed by atoms with van der Waals surface area (Å²) in [5.74, 6) is -0.296. The van der Waals surface area contributed by atoms with Crippen molar-refractivity contribution in [3.05, 3.63) is 29.8 Å². The van der Waals surface area contributed by atoms with Crippen LogP contribution in [0.1, 0.15) is 18.4 Å². The first-order valence-electron chi connectivity index (χ1n) is 5.75. The van der Waals surface area contributed by atoms with E-state index in [9.17, 15) is 18.0 Å². The molecule has 0 unspecified atom stereocenters. The molecule has 19 heavy (non-hydrogen) atoms. The summed E-state index contributed by atoms with van der Waals surface area (Å²) in [6.07, 6.45) is 1.06. The minimum absolute atomic E-state index is 0.0336. The summed E-state index contributed by atoms with van der Waals surface area (Å²) in [6.45, 7) is 0.324. The highest BCUT2D eigenvalue weighted by atomic mass is 35.7. The molecule has 102 valence electrons. The van der Waals surface area contributed by atoms with Gasteiger partial charge in [0.2, 0.25) is 11.8 Å². The normalized spacial score (nSPS) is 16.2. The average molecular weight is 302 g/mol. The van der Waals surface area contributed by atoms with Crippen LogP contribution in [0.2, 0.25) is 0 Å². The standard InChI is InChI=1S/C12H12ClNO4S/c13-19(17,18)10-3-1-9(2-4-10)7-8-14-11(15)5-6-12(14)16/h1-4H,5-8H2. The molecule has 1 aromatic carbocycles. The zero-order valence-corrected chi connectivity index (χ0v) is 11.6. The number of nitrogens with zero attached hydrogens (tertiary/aromatic N) is 1. The molecule has 0 radical (unpaired) electrons. The number of benzene rings is 1. The lowest BCUT2D eigenvalue weighted by Crippen LogP contribution is -2.31. The Kier molecular flexibility index (Phi) is 3.91. The molecule has 0 saturated carbocycles. The van der Waals surface area contributed by atoms with Crippen molar-refractivity contribution in [2.45, 2.75) is 24.2 Å². The quantitative estimate of drug-likeness (QED) is 0.621. The summed E-state index contributed by atoms with van der Waals surface area (Å²) in [5.41, 5.74) is 0.844. The summed E-state index contributed by atoms with van der Waals surface area (Å²) < 4.78 is 22.1. The average Bonchev–Trinajstić information content (AvgIpc) is 2.66. The first-order valence-corrected chi connectivity index (χ1v) is 8.05. The molecule has 0 spiro atoms. The summed E-state index contributed by atoms with van der Waals surface area (Å²) in [4.78, 5) is 24.1. The number of imide groups is 1. The Bertz CT molecular complexity index is 593. The van der Waals surface area contributed by atoms with Gasteiger partial charge < -0.3 is 0 Å². The summed E-state index contributed by atoms with van der Waals surface area (Å²) in [5, 5.41) is 0. The van der Waals surface area contributed by atoms with Crippen LogP contribution in [0.5, 0.6) is 0 Å². The largest absolute Gasteiger partial charge is 0.282 e. The molecule has 0 bridgehead atoms. The second kappa shape index (κ2) is 5.30. The molecule has 2 amide bonds. The first-order chi connectivity index (χ1) is 8.88. The predicted molar refractivity (Wildman–Crippen MR) is 69.1 cm³/mol. The summed E-state index contributed by atoms with van der Waals surface area (Å²) in [7, 11) is 1.49. The van der Waals surface area contributed by atoms with E-state index >= 15 is 0 Å². The van der Waals surface area contributed by atoms with Gasteiger partial charge in [-0.1, -0.05) is 12.1 Å². The molecule has 2 rings (SSSR count). The Hall–Kier alpha value is -1.40. The lowest BCUT2D eigenvalue weighted by atomic mass is 10.1. The van der Waals surface area contributed by atoms with Gasteiger partial charge in [-0.15, -0.1) is 0 Å². The van der Waals surface area contributed by atoms with Crippen LogP contribution in [0.15, 0.2) is 29.2 Å². The van der Waals surface area contributed by atoms with Crippen molar-refractivity contribution >= 4 is 31.5 Å². The number of carbonyl (C=O) groups excluding carboxylic acids is 2. The van der Waals surface area contributed by atoms with Crippen molar-refractivity contribution < 1.29 is 18.0 Å². The van der Waals surface area contributed by atoms with Gasteiger partial charge in [0.05, 0.1) is 4.90 Å². The van der Waals surface area contributed by atoms with Crippen LogP contribution in [0.25, 0.3) is 0 Å². The fraction of sp³-hybridized carbons (Fsp3) is 0.333. The molecule has 1 aliphatic heterocycles. The zero-order valence-electron chi connectivity index (χ0n) is 10.0.